The number of carbonyl (C=O) groups excluding carboxylic acids is 1. The Labute approximate surface area is 150 Å². The first-order valence-electron chi connectivity index (χ1n) is 7.60. The van der Waals surface area contributed by atoms with Crippen LogP contribution in [0.3, 0.4) is 0 Å². The maximum absolute atomic E-state index is 11.9. The van der Waals surface area contributed by atoms with E-state index in [0.717, 1.165) is 11.8 Å². The molecule has 0 atom stereocenters. The molecule has 26 heavy (non-hydrogen) atoms. The van der Waals surface area contributed by atoms with Gasteiger partial charge in [0.25, 0.3) is 11.8 Å². The lowest BCUT2D eigenvalue weighted by Crippen LogP contribution is -2.07. The molecule has 0 aliphatic heterocycles. The summed E-state index contributed by atoms with van der Waals surface area (Å²) in [7, 11) is -3.46. The van der Waals surface area contributed by atoms with Crippen LogP contribution in [0.4, 0.5) is 6.01 Å². The second kappa shape index (κ2) is 7.32. The van der Waals surface area contributed by atoms with Gasteiger partial charge in [-0.05, 0) is 23.8 Å². The van der Waals surface area contributed by atoms with Crippen molar-refractivity contribution in [2.45, 2.75) is 4.90 Å². The van der Waals surface area contributed by atoms with E-state index in [1.807, 2.05) is 30.3 Å². The van der Waals surface area contributed by atoms with Gasteiger partial charge < -0.3 is 4.42 Å². The van der Waals surface area contributed by atoms with Crippen molar-refractivity contribution in [2.24, 2.45) is 0 Å². The van der Waals surface area contributed by atoms with E-state index in [0.29, 0.717) is 0 Å². The summed E-state index contributed by atoms with van der Waals surface area (Å²) in [6, 6.07) is 15.5. The molecule has 0 aliphatic carbocycles. The molecule has 132 valence electrons. The van der Waals surface area contributed by atoms with Crippen LogP contribution >= 0.6 is 0 Å². The van der Waals surface area contributed by atoms with Gasteiger partial charge in [-0.1, -0.05) is 47.6 Å². The number of nitrogens with one attached hydrogen (secondary N) is 1. The summed E-state index contributed by atoms with van der Waals surface area (Å²) in [5.74, 6) is -0.436. The normalized spacial score (nSPS) is 11.6. The van der Waals surface area contributed by atoms with Gasteiger partial charge in [-0.3, -0.25) is 10.1 Å². The number of rotatable bonds is 5. The van der Waals surface area contributed by atoms with E-state index < -0.39 is 15.7 Å². The second-order valence-corrected chi connectivity index (χ2v) is 7.40. The van der Waals surface area contributed by atoms with Crippen LogP contribution in [0.2, 0.25) is 0 Å². The third-order valence-corrected chi connectivity index (χ3v) is 4.55. The zero-order valence-corrected chi connectivity index (χ0v) is 14.6. The topological polar surface area (TPSA) is 102 Å². The Balaban J connectivity index is 1.77. The highest BCUT2D eigenvalue weighted by atomic mass is 32.2. The summed E-state index contributed by atoms with van der Waals surface area (Å²) >= 11 is 0. The Morgan fingerprint density at radius 2 is 1.73 bits per heavy atom. The fraction of sp³-hybridized carbons (Fsp3) is 0.0556. The summed E-state index contributed by atoms with van der Waals surface area (Å²) in [6.07, 6.45) is 4.08. The van der Waals surface area contributed by atoms with Crippen LogP contribution in [-0.2, 0) is 14.6 Å². The molecule has 0 fully saturated rings. The SMILES string of the molecule is CS(=O)(=O)c1ccccc1-c1nnc(NC(=O)C=Cc2ccccc2)o1. The molecule has 1 amide bonds. The van der Waals surface area contributed by atoms with Crippen LogP contribution in [-0.4, -0.2) is 30.8 Å². The molecule has 0 unspecified atom stereocenters. The zero-order valence-electron chi connectivity index (χ0n) is 13.8. The summed E-state index contributed by atoms with van der Waals surface area (Å²) < 4.78 is 29.1. The molecule has 0 saturated carbocycles. The van der Waals surface area contributed by atoms with E-state index in [9.17, 15) is 13.2 Å². The van der Waals surface area contributed by atoms with Crippen molar-refractivity contribution in [3.05, 3.63) is 66.2 Å². The van der Waals surface area contributed by atoms with Gasteiger partial charge in [0.1, 0.15) is 0 Å². The van der Waals surface area contributed by atoms with Crippen molar-refractivity contribution in [3.63, 3.8) is 0 Å². The van der Waals surface area contributed by atoms with Crippen molar-refractivity contribution in [1.29, 1.82) is 0 Å². The van der Waals surface area contributed by atoms with Crippen molar-refractivity contribution in [2.75, 3.05) is 11.6 Å². The molecular weight excluding hydrogens is 354 g/mol. The van der Waals surface area contributed by atoms with Gasteiger partial charge in [-0.15, -0.1) is 5.10 Å². The van der Waals surface area contributed by atoms with Crippen molar-refractivity contribution in [3.8, 4) is 11.5 Å². The van der Waals surface area contributed by atoms with Crippen LogP contribution in [0, 0.1) is 0 Å². The summed E-state index contributed by atoms with van der Waals surface area (Å²) in [6.45, 7) is 0. The minimum absolute atomic E-state index is 0.00774. The Morgan fingerprint density at radius 1 is 1.04 bits per heavy atom. The standard InChI is InChI=1S/C18H15N3O4S/c1-26(23,24)15-10-6-5-9-14(15)17-20-21-18(25-17)19-16(22)12-11-13-7-3-2-4-8-13/h2-12H,1H3,(H,19,21,22). The quantitative estimate of drug-likeness (QED) is 0.694. The van der Waals surface area contributed by atoms with Gasteiger partial charge in [0.05, 0.1) is 10.5 Å². The Bertz CT molecular complexity index is 1060. The van der Waals surface area contributed by atoms with Crippen LogP contribution in [0.25, 0.3) is 17.5 Å². The Morgan fingerprint density at radius 3 is 2.46 bits per heavy atom. The van der Waals surface area contributed by atoms with Crippen molar-refractivity contribution in [1.82, 2.24) is 10.2 Å². The number of sulfone groups is 1. The monoisotopic (exact) mass is 369 g/mol. The summed E-state index contributed by atoms with van der Waals surface area (Å²) in [4.78, 5) is 12.0. The van der Waals surface area contributed by atoms with Crippen LogP contribution in [0.1, 0.15) is 5.56 Å². The fourth-order valence-corrected chi connectivity index (χ4v) is 3.11. The molecule has 1 N–H and O–H groups in total. The number of aromatic nitrogens is 2. The number of benzene rings is 2. The number of anilines is 1. The maximum Gasteiger partial charge on any atom is 0.322 e. The van der Waals surface area contributed by atoms with Crippen LogP contribution in [0.5, 0.6) is 0 Å². The smallest absolute Gasteiger partial charge is 0.322 e. The first kappa shape index (κ1) is 17.6. The van der Waals surface area contributed by atoms with Crippen LogP contribution in [0.15, 0.2) is 70.0 Å². The molecular formula is C18H15N3O4S. The lowest BCUT2D eigenvalue weighted by molar-refractivity contribution is -0.112. The predicted molar refractivity (Wildman–Crippen MR) is 96.9 cm³/mol. The molecule has 3 rings (SSSR count). The van der Waals surface area contributed by atoms with Gasteiger partial charge in [0.2, 0.25) is 0 Å². The Hall–Kier alpha value is -3.26. The molecule has 8 heteroatoms. The first-order chi connectivity index (χ1) is 12.4. The molecule has 3 aromatic rings. The van der Waals surface area contributed by atoms with Gasteiger partial charge in [-0.25, -0.2) is 8.42 Å². The number of carbonyl (C=O) groups is 1. The van der Waals surface area contributed by atoms with Crippen molar-refractivity contribution >= 4 is 27.8 Å². The highest BCUT2D eigenvalue weighted by molar-refractivity contribution is 7.90. The van der Waals surface area contributed by atoms with E-state index in [2.05, 4.69) is 15.5 Å². The fourth-order valence-electron chi connectivity index (χ4n) is 2.23. The lowest BCUT2D eigenvalue weighted by atomic mass is 10.2. The summed E-state index contributed by atoms with van der Waals surface area (Å²) in [5.41, 5.74) is 1.15. The lowest BCUT2D eigenvalue weighted by Gasteiger charge is -2.03. The number of hydrogen-bond donors (Lipinski definition) is 1. The highest BCUT2D eigenvalue weighted by Crippen LogP contribution is 2.27. The number of hydrogen-bond acceptors (Lipinski definition) is 6. The molecule has 0 bridgehead atoms. The molecule has 0 aliphatic rings. The summed E-state index contributed by atoms with van der Waals surface area (Å²) in [5, 5.41) is 9.99. The minimum Gasteiger partial charge on any atom is -0.403 e. The van der Waals surface area contributed by atoms with Gasteiger partial charge in [-0.2, -0.15) is 0 Å². The molecule has 1 heterocycles. The third kappa shape index (κ3) is 4.22. The predicted octanol–water partition coefficient (Wildman–Crippen LogP) is 2.79. The van der Waals surface area contributed by atoms with E-state index in [1.165, 1.54) is 12.1 Å². The van der Waals surface area contributed by atoms with E-state index in [-0.39, 0.29) is 22.4 Å². The minimum atomic E-state index is -3.46. The molecule has 7 nitrogen and oxygen atoms in total. The number of nitrogens with zero attached hydrogens (tertiary/aromatic N) is 2. The average molecular weight is 369 g/mol. The van der Waals surface area contributed by atoms with E-state index >= 15 is 0 Å². The third-order valence-electron chi connectivity index (χ3n) is 3.40. The van der Waals surface area contributed by atoms with Gasteiger partial charge in [0.15, 0.2) is 9.84 Å². The van der Waals surface area contributed by atoms with Crippen molar-refractivity contribution < 1.29 is 17.6 Å². The first-order valence-corrected chi connectivity index (χ1v) is 9.50. The van der Waals surface area contributed by atoms with Gasteiger partial charge >= 0.3 is 6.01 Å². The largest absolute Gasteiger partial charge is 0.403 e. The molecule has 2 aromatic carbocycles. The average Bonchev–Trinajstić information content (AvgIpc) is 3.08. The molecule has 1 aromatic heterocycles. The molecule has 0 saturated heterocycles. The van der Waals surface area contributed by atoms with E-state index in [1.54, 1.807) is 24.3 Å². The zero-order chi connectivity index (χ0) is 18.6. The maximum atomic E-state index is 11.9. The number of amides is 1. The van der Waals surface area contributed by atoms with Crippen LogP contribution < -0.4 is 5.32 Å². The molecule has 0 radical (unpaired) electrons. The molecule has 0 spiro atoms. The van der Waals surface area contributed by atoms with Gasteiger partial charge in [0, 0.05) is 12.3 Å². The second-order valence-electron chi connectivity index (χ2n) is 5.41. The highest BCUT2D eigenvalue weighted by Gasteiger charge is 2.18. The Kier molecular flexibility index (Phi) is 4.94. The van der Waals surface area contributed by atoms with E-state index in [4.69, 9.17) is 4.42 Å².